The van der Waals surface area contributed by atoms with E-state index in [1.165, 1.54) is 9.13 Å². The van der Waals surface area contributed by atoms with E-state index in [0.29, 0.717) is 36.6 Å². The van der Waals surface area contributed by atoms with Crippen molar-refractivity contribution in [1.82, 2.24) is 18.7 Å². The number of hydrogen-bond acceptors (Lipinski definition) is 6. The van der Waals surface area contributed by atoms with Gasteiger partial charge in [-0.05, 0) is 25.8 Å². The maximum atomic E-state index is 13.3. The van der Waals surface area contributed by atoms with Crippen molar-refractivity contribution in [3.63, 3.8) is 0 Å². The molecule has 1 aliphatic rings. The van der Waals surface area contributed by atoms with E-state index in [0.717, 1.165) is 16.8 Å². The van der Waals surface area contributed by atoms with E-state index < -0.39 is 5.69 Å². The van der Waals surface area contributed by atoms with Gasteiger partial charge in [0.2, 0.25) is 5.95 Å². The smallest absolute Gasteiger partial charge is 0.332 e. The van der Waals surface area contributed by atoms with Crippen LogP contribution in [0.5, 0.6) is 0 Å². The van der Waals surface area contributed by atoms with Crippen molar-refractivity contribution in [2.24, 2.45) is 12.1 Å². The maximum absolute atomic E-state index is 13.3. The summed E-state index contributed by atoms with van der Waals surface area (Å²) in [4.78, 5) is 30.8. The molecule has 0 amide bonds. The predicted molar refractivity (Wildman–Crippen MR) is 112 cm³/mol. The maximum Gasteiger partial charge on any atom is 0.332 e. The van der Waals surface area contributed by atoms with Crippen molar-refractivity contribution < 1.29 is 5.11 Å². The van der Waals surface area contributed by atoms with Crippen LogP contribution in [0.25, 0.3) is 11.2 Å². The van der Waals surface area contributed by atoms with E-state index in [9.17, 15) is 14.7 Å². The number of rotatable bonds is 5. The van der Waals surface area contributed by atoms with Crippen molar-refractivity contribution in [2.45, 2.75) is 33.4 Å². The van der Waals surface area contributed by atoms with Gasteiger partial charge in [-0.2, -0.15) is 10.1 Å². The van der Waals surface area contributed by atoms with E-state index >= 15 is 0 Å². The monoisotopic (exact) mass is 396 g/mol. The van der Waals surface area contributed by atoms with Gasteiger partial charge in [0, 0.05) is 20.2 Å². The summed E-state index contributed by atoms with van der Waals surface area (Å²) in [5.74, 6) is 0.513. The van der Waals surface area contributed by atoms with E-state index in [1.54, 1.807) is 12.1 Å². The number of benzene rings is 1. The lowest BCUT2D eigenvalue weighted by Gasteiger charge is -2.24. The molecule has 0 aliphatic carbocycles. The highest BCUT2D eigenvalue weighted by Gasteiger charge is 2.26. The summed E-state index contributed by atoms with van der Waals surface area (Å²) in [5.41, 5.74) is 2.76. The van der Waals surface area contributed by atoms with Crippen LogP contribution in [0.3, 0.4) is 0 Å². The van der Waals surface area contributed by atoms with E-state index in [-0.39, 0.29) is 18.7 Å². The van der Waals surface area contributed by atoms with Gasteiger partial charge in [0.25, 0.3) is 5.56 Å². The molecule has 9 nitrogen and oxygen atoms in total. The van der Waals surface area contributed by atoms with Crippen molar-refractivity contribution >= 4 is 22.8 Å². The van der Waals surface area contributed by atoms with Crippen LogP contribution in [0.15, 0.2) is 39.0 Å². The van der Waals surface area contributed by atoms with Gasteiger partial charge in [0.1, 0.15) is 0 Å². The number of aromatic nitrogens is 4. The molecule has 0 unspecified atom stereocenters. The fourth-order valence-electron chi connectivity index (χ4n) is 3.72. The second-order valence-corrected chi connectivity index (χ2v) is 7.43. The Kier molecular flexibility index (Phi) is 4.83. The highest BCUT2D eigenvalue weighted by Crippen LogP contribution is 2.23. The third-order valence-electron chi connectivity index (χ3n) is 5.07. The second kappa shape index (κ2) is 7.32. The second-order valence-electron chi connectivity index (χ2n) is 7.43. The van der Waals surface area contributed by atoms with Gasteiger partial charge >= 0.3 is 5.69 Å². The third-order valence-corrected chi connectivity index (χ3v) is 5.07. The Morgan fingerprint density at radius 1 is 1.21 bits per heavy atom. The summed E-state index contributed by atoms with van der Waals surface area (Å²) < 4.78 is 4.48. The fraction of sp³-hybridized carbons (Fsp3) is 0.400. The van der Waals surface area contributed by atoms with Crippen LogP contribution in [0.2, 0.25) is 0 Å². The van der Waals surface area contributed by atoms with Crippen molar-refractivity contribution in [1.29, 1.82) is 0 Å². The van der Waals surface area contributed by atoms with Gasteiger partial charge < -0.3 is 5.11 Å². The molecule has 9 heteroatoms. The van der Waals surface area contributed by atoms with E-state index in [1.807, 2.05) is 42.7 Å². The van der Waals surface area contributed by atoms with Gasteiger partial charge in [0.05, 0.1) is 18.8 Å². The van der Waals surface area contributed by atoms with Crippen LogP contribution in [0.4, 0.5) is 5.95 Å². The molecular weight excluding hydrogens is 372 g/mol. The molecular formula is C20H24N6O3. The lowest BCUT2D eigenvalue weighted by atomic mass is 10.1. The van der Waals surface area contributed by atoms with Gasteiger partial charge in [-0.25, -0.2) is 9.80 Å². The first kappa shape index (κ1) is 19.1. The molecule has 4 rings (SSSR count). The first-order valence-corrected chi connectivity index (χ1v) is 9.58. The van der Waals surface area contributed by atoms with E-state index in [2.05, 4.69) is 10.1 Å². The lowest BCUT2D eigenvalue weighted by molar-refractivity contribution is 0.289. The molecule has 0 spiro atoms. The Balaban J connectivity index is 1.90. The number of hydrazone groups is 1. The number of aryl methyl sites for hydroxylation is 2. The van der Waals surface area contributed by atoms with Crippen LogP contribution in [-0.4, -0.2) is 42.7 Å². The topological polar surface area (TPSA) is 97.7 Å². The Hall–Kier alpha value is -3.20. The minimum atomic E-state index is -0.404. The van der Waals surface area contributed by atoms with Gasteiger partial charge in [-0.15, -0.1) is 0 Å². The number of hydrogen-bond donors (Lipinski definition) is 1. The standard InChI is InChI=1S/C20H24N6O3/c1-13-6-4-7-15(10-13)12-25-18(28)16-17(23(3)20(25)29)21-19-24(16)11-14(2)22-26(19)8-5-9-27/h4,6-7,10,27H,5,8-9,11-12H2,1-3H3. The zero-order valence-electron chi connectivity index (χ0n) is 16.8. The zero-order valence-corrected chi connectivity index (χ0v) is 16.8. The largest absolute Gasteiger partial charge is 0.396 e. The Labute approximate surface area is 167 Å². The van der Waals surface area contributed by atoms with E-state index in [4.69, 9.17) is 0 Å². The molecule has 1 N–H and O–H groups in total. The SMILES string of the molecule is CC1=NN(CCCO)c2nc3c(c(=O)n(Cc4cccc(C)c4)c(=O)n3C)n2C1. The molecule has 0 saturated heterocycles. The van der Waals surface area contributed by atoms with Crippen molar-refractivity contribution in [3.8, 4) is 0 Å². The van der Waals surface area contributed by atoms with Gasteiger partial charge in [0.15, 0.2) is 11.2 Å². The predicted octanol–water partition coefficient (Wildman–Crippen LogP) is 0.832. The summed E-state index contributed by atoms with van der Waals surface area (Å²) >= 11 is 0. The molecule has 152 valence electrons. The van der Waals surface area contributed by atoms with Crippen LogP contribution >= 0.6 is 0 Å². The average molecular weight is 396 g/mol. The fourth-order valence-corrected chi connectivity index (χ4v) is 3.72. The number of fused-ring (bicyclic) bond motifs is 3. The normalized spacial score (nSPS) is 13.7. The molecule has 2 aromatic heterocycles. The zero-order chi connectivity index (χ0) is 20.7. The minimum Gasteiger partial charge on any atom is -0.396 e. The molecule has 3 heterocycles. The Morgan fingerprint density at radius 2 is 2.00 bits per heavy atom. The van der Waals surface area contributed by atoms with Crippen molar-refractivity contribution in [2.75, 3.05) is 18.2 Å². The Morgan fingerprint density at radius 3 is 2.72 bits per heavy atom. The molecule has 0 fully saturated rings. The van der Waals surface area contributed by atoms with Crippen LogP contribution in [-0.2, 0) is 20.1 Å². The molecule has 3 aromatic rings. The molecule has 0 radical (unpaired) electrons. The molecule has 0 saturated carbocycles. The van der Waals surface area contributed by atoms with Crippen LogP contribution in [0, 0.1) is 6.92 Å². The van der Waals surface area contributed by atoms with Crippen LogP contribution in [0.1, 0.15) is 24.5 Å². The molecule has 29 heavy (non-hydrogen) atoms. The summed E-state index contributed by atoms with van der Waals surface area (Å²) in [6, 6.07) is 7.76. The first-order chi connectivity index (χ1) is 13.9. The molecule has 0 atom stereocenters. The highest BCUT2D eigenvalue weighted by molar-refractivity contribution is 5.87. The number of aliphatic hydroxyl groups excluding tert-OH is 1. The number of anilines is 1. The molecule has 0 bridgehead atoms. The minimum absolute atomic E-state index is 0.0348. The summed E-state index contributed by atoms with van der Waals surface area (Å²) in [5, 5.41) is 15.4. The van der Waals surface area contributed by atoms with Gasteiger partial charge in [-0.3, -0.25) is 18.5 Å². The molecule has 1 aromatic carbocycles. The first-order valence-electron chi connectivity index (χ1n) is 9.58. The van der Waals surface area contributed by atoms with Crippen molar-refractivity contribution in [3.05, 3.63) is 56.2 Å². The lowest BCUT2D eigenvalue weighted by Crippen LogP contribution is -2.40. The third kappa shape index (κ3) is 3.27. The summed E-state index contributed by atoms with van der Waals surface area (Å²) in [6.45, 7) is 5.00. The summed E-state index contributed by atoms with van der Waals surface area (Å²) in [7, 11) is 1.63. The quantitative estimate of drug-likeness (QED) is 0.689. The van der Waals surface area contributed by atoms with Crippen LogP contribution < -0.4 is 16.3 Å². The molecule has 1 aliphatic heterocycles. The number of imidazole rings is 1. The average Bonchev–Trinajstić information content (AvgIpc) is 3.07. The van der Waals surface area contributed by atoms with Gasteiger partial charge in [-0.1, -0.05) is 29.8 Å². The Bertz CT molecular complexity index is 1230. The summed E-state index contributed by atoms with van der Waals surface area (Å²) in [6.07, 6.45) is 0.524. The number of aliphatic hydroxyl groups is 1. The highest BCUT2D eigenvalue weighted by atomic mass is 16.3. The number of nitrogens with zero attached hydrogens (tertiary/aromatic N) is 6.